The van der Waals surface area contributed by atoms with E-state index < -0.39 is 21.2 Å². The number of aliphatic hydroxyl groups is 1. The zero-order valence-electron chi connectivity index (χ0n) is 9.07. The first-order valence-corrected chi connectivity index (χ1v) is 7.08. The van der Waals surface area contributed by atoms with Crippen molar-refractivity contribution in [2.45, 2.75) is 50.4 Å². The van der Waals surface area contributed by atoms with E-state index in [-0.39, 0.29) is 5.75 Å². The van der Waals surface area contributed by atoms with Crippen molar-refractivity contribution >= 4 is 9.84 Å². The second kappa shape index (κ2) is 5.53. The van der Waals surface area contributed by atoms with Gasteiger partial charge in [-0.2, -0.15) is 0 Å². The van der Waals surface area contributed by atoms with Crippen LogP contribution >= 0.6 is 0 Å². The molecule has 1 aliphatic rings. The van der Waals surface area contributed by atoms with Crippen LogP contribution in [0.5, 0.6) is 0 Å². The van der Waals surface area contributed by atoms with E-state index in [0.29, 0.717) is 19.3 Å². The van der Waals surface area contributed by atoms with Gasteiger partial charge in [0.2, 0.25) is 0 Å². The summed E-state index contributed by atoms with van der Waals surface area (Å²) in [6, 6.07) is 0. The van der Waals surface area contributed by atoms with Crippen LogP contribution in [-0.4, -0.2) is 30.6 Å². The van der Waals surface area contributed by atoms with Gasteiger partial charge in [0.05, 0.1) is 17.1 Å². The Labute approximate surface area is 91.8 Å². The van der Waals surface area contributed by atoms with Crippen LogP contribution in [0.15, 0.2) is 0 Å². The molecule has 1 aliphatic heterocycles. The molecule has 0 aliphatic carbocycles. The summed E-state index contributed by atoms with van der Waals surface area (Å²) in [5.74, 6) is 5.81. The third kappa shape index (κ3) is 3.51. The first kappa shape index (κ1) is 12.5. The SMILES string of the molecule is CC#CCCC(O)C1CCCCS1(=O)=O. The molecule has 1 fully saturated rings. The van der Waals surface area contributed by atoms with Gasteiger partial charge in [0, 0.05) is 6.42 Å². The summed E-state index contributed by atoms with van der Waals surface area (Å²) < 4.78 is 23.3. The van der Waals surface area contributed by atoms with E-state index in [2.05, 4.69) is 11.8 Å². The smallest absolute Gasteiger partial charge is 0.155 e. The molecule has 0 bridgehead atoms. The molecule has 0 saturated carbocycles. The maximum Gasteiger partial charge on any atom is 0.155 e. The molecular weight excluding hydrogens is 212 g/mol. The van der Waals surface area contributed by atoms with Crippen molar-refractivity contribution in [3.63, 3.8) is 0 Å². The number of hydrogen-bond donors (Lipinski definition) is 1. The van der Waals surface area contributed by atoms with Gasteiger partial charge in [-0.05, 0) is 26.2 Å². The lowest BCUT2D eigenvalue weighted by atomic mass is 10.1. The van der Waals surface area contributed by atoms with Crippen molar-refractivity contribution in [2.24, 2.45) is 0 Å². The third-order valence-corrected chi connectivity index (χ3v) is 5.13. The van der Waals surface area contributed by atoms with Gasteiger partial charge in [-0.25, -0.2) is 8.42 Å². The Morgan fingerprint density at radius 1 is 1.47 bits per heavy atom. The summed E-state index contributed by atoms with van der Waals surface area (Å²) in [7, 11) is -3.06. The zero-order valence-corrected chi connectivity index (χ0v) is 9.89. The van der Waals surface area contributed by atoms with Crippen LogP contribution in [0.4, 0.5) is 0 Å². The molecule has 1 heterocycles. The first-order chi connectivity index (χ1) is 7.08. The molecule has 15 heavy (non-hydrogen) atoms. The maximum absolute atomic E-state index is 11.7. The Balaban J connectivity index is 2.55. The molecule has 2 unspecified atom stereocenters. The molecule has 0 aromatic carbocycles. The van der Waals surface area contributed by atoms with Crippen LogP contribution in [0.25, 0.3) is 0 Å². The van der Waals surface area contributed by atoms with E-state index in [9.17, 15) is 13.5 Å². The van der Waals surface area contributed by atoms with E-state index in [4.69, 9.17) is 0 Å². The summed E-state index contributed by atoms with van der Waals surface area (Å²) in [6.45, 7) is 1.74. The minimum Gasteiger partial charge on any atom is -0.392 e. The van der Waals surface area contributed by atoms with E-state index in [1.807, 2.05) is 0 Å². The Hall–Kier alpha value is -0.530. The third-order valence-electron chi connectivity index (χ3n) is 2.80. The molecule has 0 radical (unpaired) electrons. The van der Waals surface area contributed by atoms with E-state index in [1.54, 1.807) is 6.92 Å². The highest BCUT2D eigenvalue weighted by Gasteiger charge is 2.33. The van der Waals surface area contributed by atoms with Gasteiger partial charge in [-0.1, -0.05) is 6.42 Å². The maximum atomic E-state index is 11.7. The van der Waals surface area contributed by atoms with E-state index in [1.165, 1.54) is 0 Å². The largest absolute Gasteiger partial charge is 0.392 e. The summed E-state index contributed by atoms with van der Waals surface area (Å²) in [4.78, 5) is 0. The normalized spacial score (nSPS) is 26.4. The molecule has 1 saturated heterocycles. The molecule has 1 N–H and O–H groups in total. The van der Waals surface area contributed by atoms with Crippen molar-refractivity contribution in [3.05, 3.63) is 0 Å². The lowest BCUT2D eigenvalue weighted by molar-refractivity contribution is 0.154. The topological polar surface area (TPSA) is 54.4 Å². The number of hydrogen-bond acceptors (Lipinski definition) is 3. The second-order valence-corrected chi connectivity index (χ2v) is 6.27. The summed E-state index contributed by atoms with van der Waals surface area (Å²) in [6.07, 6.45) is 2.54. The van der Waals surface area contributed by atoms with Gasteiger partial charge in [0.25, 0.3) is 0 Å². The molecule has 0 amide bonds. The molecule has 3 nitrogen and oxygen atoms in total. The van der Waals surface area contributed by atoms with Gasteiger partial charge < -0.3 is 5.11 Å². The minimum absolute atomic E-state index is 0.230. The van der Waals surface area contributed by atoms with Crippen LogP contribution in [0.3, 0.4) is 0 Å². The molecule has 0 spiro atoms. The lowest BCUT2D eigenvalue weighted by Gasteiger charge is -2.26. The Morgan fingerprint density at radius 3 is 2.80 bits per heavy atom. The van der Waals surface area contributed by atoms with Crippen molar-refractivity contribution < 1.29 is 13.5 Å². The van der Waals surface area contributed by atoms with E-state index >= 15 is 0 Å². The standard InChI is InChI=1S/C11H18O3S/c1-2-3-4-7-10(12)11-8-5-6-9-15(11,13)14/h10-12H,4-9H2,1H3. The summed E-state index contributed by atoms with van der Waals surface area (Å²) in [5.41, 5.74) is 0. The second-order valence-electron chi connectivity index (χ2n) is 3.93. The zero-order chi connectivity index (χ0) is 11.3. The summed E-state index contributed by atoms with van der Waals surface area (Å²) >= 11 is 0. The van der Waals surface area contributed by atoms with Gasteiger partial charge in [-0.15, -0.1) is 11.8 Å². The van der Waals surface area contributed by atoms with Crippen LogP contribution in [0.2, 0.25) is 0 Å². The van der Waals surface area contributed by atoms with Gasteiger partial charge in [-0.3, -0.25) is 0 Å². The predicted molar refractivity (Wildman–Crippen MR) is 60.1 cm³/mol. The van der Waals surface area contributed by atoms with Crippen molar-refractivity contribution in [3.8, 4) is 11.8 Å². The highest BCUT2D eigenvalue weighted by molar-refractivity contribution is 7.92. The molecule has 0 aromatic heterocycles. The number of rotatable bonds is 3. The fourth-order valence-electron chi connectivity index (χ4n) is 1.94. The highest BCUT2D eigenvalue weighted by atomic mass is 32.2. The van der Waals surface area contributed by atoms with Crippen LogP contribution in [0.1, 0.15) is 39.0 Å². The van der Waals surface area contributed by atoms with Gasteiger partial charge >= 0.3 is 0 Å². The molecule has 4 heteroatoms. The van der Waals surface area contributed by atoms with Crippen LogP contribution in [0, 0.1) is 11.8 Å². The number of aliphatic hydroxyl groups excluding tert-OH is 1. The van der Waals surface area contributed by atoms with Crippen molar-refractivity contribution in [2.75, 3.05) is 5.75 Å². The first-order valence-electron chi connectivity index (χ1n) is 5.37. The molecule has 86 valence electrons. The van der Waals surface area contributed by atoms with Crippen molar-refractivity contribution in [1.29, 1.82) is 0 Å². The monoisotopic (exact) mass is 230 g/mol. The average molecular weight is 230 g/mol. The van der Waals surface area contributed by atoms with Gasteiger partial charge in [0.15, 0.2) is 9.84 Å². The summed E-state index contributed by atoms with van der Waals surface area (Å²) in [5, 5.41) is 9.24. The highest BCUT2D eigenvalue weighted by Crippen LogP contribution is 2.24. The van der Waals surface area contributed by atoms with Crippen LogP contribution < -0.4 is 0 Å². The molecule has 2 atom stereocenters. The average Bonchev–Trinajstić information content (AvgIpc) is 2.17. The van der Waals surface area contributed by atoms with Crippen molar-refractivity contribution in [1.82, 2.24) is 0 Å². The molecule has 0 aromatic rings. The quantitative estimate of drug-likeness (QED) is 0.739. The Morgan fingerprint density at radius 2 is 2.20 bits per heavy atom. The van der Waals surface area contributed by atoms with Crippen LogP contribution in [-0.2, 0) is 9.84 Å². The minimum atomic E-state index is -3.06. The number of sulfone groups is 1. The molecule has 1 rings (SSSR count). The molecular formula is C11H18O3S. The fourth-order valence-corrected chi connectivity index (χ4v) is 3.99. The fraction of sp³-hybridized carbons (Fsp3) is 0.818. The Bertz CT molecular complexity index is 348. The lowest BCUT2D eigenvalue weighted by Crippen LogP contribution is -2.38. The Kier molecular flexibility index (Phi) is 4.62. The van der Waals surface area contributed by atoms with Gasteiger partial charge in [0.1, 0.15) is 0 Å². The van der Waals surface area contributed by atoms with E-state index in [0.717, 1.165) is 12.8 Å². The predicted octanol–water partition coefficient (Wildman–Crippen LogP) is 1.12.